The lowest BCUT2D eigenvalue weighted by atomic mass is 9.98. The van der Waals surface area contributed by atoms with E-state index in [2.05, 4.69) is 40.9 Å². The highest BCUT2D eigenvalue weighted by Gasteiger charge is 2.31. The van der Waals surface area contributed by atoms with Gasteiger partial charge in [0.25, 0.3) is 5.91 Å². The molecule has 3 aromatic rings. The second-order valence-electron chi connectivity index (χ2n) is 11.8. The van der Waals surface area contributed by atoms with Gasteiger partial charge in [0.2, 0.25) is 0 Å². The fourth-order valence-electron chi connectivity index (χ4n) is 5.56. The van der Waals surface area contributed by atoms with Crippen LogP contribution in [0.5, 0.6) is 5.75 Å². The van der Waals surface area contributed by atoms with Crippen LogP contribution in [0, 0.1) is 0 Å². The summed E-state index contributed by atoms with van der Waals surface area (Å²) in [5.74, 6) is 0.611. The number of hydrogen-bond donors (Lipinski definition) is 1. The van der Waals surface area contributed by atoms with Gasteiger partial charge in [-0.15, -0.1) is 0 Å². The first-order valence-electron chi connectivity index (χ1n) is 14.0. The van der Waals surface area contributed by atoms with Gasteiger partial charge in [-0.1, -0.05) is 0 Å². The molecule has 1 aromatic heterocycles. The minimum Gasteiger partial charge on any atom is -0.490 e. The number of nitrogens with one attached hydrogen (secondary N) is 1. The van der Waals surface area contributed by atoms with Gasteiger partial charge in [-0.05, 0) is 82.1 Å². The Balaban J connectivity index is 1.16. The Morgan fingerprint density at radius 1 is 0.925 bits per heavy atom. The van der Waals surface area contributed by atoms with Crippen molar-refractivity contribution in [1.82, 2.24) is 15.2 Å². The van der Waals surface area contributed by atoms with E-state index in [1.54, 1.807) is 6.20 Å². The maximum absolute atomic E-state index is 13.0. The highest BCUT2D eigenvalue weighted by molar-refractivity contribution is 5.97. The summed E-state index contributed by atoms with van der Waals surface area (Å²) in [6, 6.07) is 13.0. The first kappa shape index (κ1) is 28.2. The number of carbonyl (C=O) groups excluding carboxylic acids is 1. The molecule has 0 atom stereocenters. The van der Waals surface area contributed by atoms with Crippen molar-refractivity contribution in [3.05, 3.63) is 65.9 Å². The van der Waals surface area contributed by atoms with Crippen LogP contribution in [0.2, 0.25) is 0 Å². The van der Waals surface area contributed by atoms with E-state index >= 15 is 0 Å². The molecule has 9 heteroatoms. The van der Waals surface area contributed by atoms with E-state index in [-0.39, 0.29) is 23.6 Å². The minimum absolute atomic E-state index is 0.00144. The van der Waals surface area contributed by atoms with E-state index in [1.165, 1.54) is 12.1 Å². The fraction of sp³-hybridized carbons (Fsp3) is 0.484. The number of ether oxygens (including phenoxy) is 1. The van der Waals surface area contributed by atoms with Crippen LogP contribution in [0.25, 0.3) is 10.9 Å². The molecule has 2 aromatic carbocycles. The number of piperidine rings is 2. The lowest BCUT2D eigenvalue weighted by molar-refractivity contribution is -0.137. The lowest BCUT2D eigenvalue weighted by Gasteiger charge is -2.41. The third-order valence-electron chi connectivity index (χ3n) is 8.00. The molecule has 2 aliphatic rings. The van der Waals surface area contributed by atoms with Gasteiger partial charge in [0, 0.05) is 67.9 Å². The standard InChI is InChI=1S/C31H37F3N4O2/c1-30(2,3)38-16-10-24(11-17-38)36-29(39)22-18-21-19-27(8-9-28(21)35-20-22)40-26-12-14-37(15-13-26)25-6-4-23(5-7-25)31(32,33)34/h4-9,18-20,24,26H,10-17H2,1-3H3,(H,36,39). The SMILES string of the molecule is CC(C)(C)N1CCC(NC(=O)c2cnc3ccc(OC4CCN(c5ccc(C(F)(F)F)cc5)CC4)cc3c2)CC1. The predicted molar refractivity (Wildman–Crippen MR) is 151 cm³/mol. The van der Waals surface area contributed by atoms with E-state index in [0.717, 1.165) is 73.2 Å². The number of benzene rings is 2. The Morgan fingerprint density at radius 2 is 1.60 bits per heavy atom. The molecular formula is C31H37F3N4O2. The summed E-state index contributed by atoms with van der Waals surface area (Å²) in [6.07, 6.45) is 0.672. The van der Waals surface area contributed by atoms with E-state index in [9.17, 15) is 18.0 Å². The molecule has 0 bridgehead atoms. The van der Waals surface area contributed by atoms with Gasteiger partial charge in [-0.25, -0.2) is 0 Å². The van der Waals surface area contributed by atoms with Crippen LogP contribution in [0.3, 0.4) is 0 Å². The van der Waals surface area contributed by atoms with Gasteiger partial charge in [0.15, 0.2) is 0 Å². The first-order valence-corrected chi connectivity index (χ1v) is 14.0. The topological polar surface area (TPSA) is 57.7 Å². The van der Waals surface area contributed by atoms with Gasteiger partial charge in [0.1, 0.15) is 11.9 Å². The summed E-state index contributed by atoms with van der Waals surface area (Å²) in [4.78, 5) is 22.0. The number of hydrogen-bond acceptors (Lipinski definition) is 5. The van der Waals surface area contributed by atoms with Crippen molar-refractivity contribution < 1.29 is 22.7 Å². The number of anilines is 1. The lowest BCUT2D eigenvalue weighted by Crippen LogP contribution is -2.50. The second kappa shape index (κ2) is 11.3. The second-order valence-corrected chi connectivity index (χ2v) is 11.8. The zero-order chi connectivity index (χ0) is 28.5. The van der Waals surface area contributed by atoms with Crippen LogP contribution < -0.4 is 15.0 Å². The summed E-state index contributed by atoms with van der Waals surface area (Å²) in [5.41, 5.74) is 1.61. The number of fused-ring (bicyclic) bond motifs is 1. The van der Waals surface area contributed by atoms with Crippen molar-refractivity contribution in [2.45, 2.75) is 70.3 Å². The number of halogens is 3. The smallest absolute Gasteiger partial charge is 0.416 e. The Labute approximate surface area is 233 Å². The van der Waals surface area contributed by atoms with Crippen LogP contribution in [-0.4, -0.2) is 59.7 Å². The first-order chi connectivity index (χ1) is 19.0. The van der Waals surface area contributed by atoms with Gasteiger partial charge < -0.3 is 15.0 Å². The Morgan fingerprint density at radius 3 is 2.23 bits per heavy atom. The van der Waals surface area contributed by atoms with Crippen molar-refractivity contribution in [3.8, 4) is 5.75 Å². The van der Waals surface area contributed by atoms with Crippen molar-refractivity contribution in [3.63, 3.8) is 0 Å². The largest absolute Gasteiger partial charge is 0.490 e. The van der Waals surface area contributed by atoms with E-state index in [1.807, 2.05) is 24.3 Å². The molecule has 40 heavy (non-hydrogen) atoms. The number of rotatable bonds is 5. The summed E-state index contributed by atoms with van der Waals surface area (Å²) in [5, 5.41) is 4.03. The maximum Gasteiger partial charge on any atom is 0.416 e. The number of pyridine rings is 1. The third kappa shape index (κ3) is 6.69. The molecule has 0 radical (unpaired) electrons. The Bertz CT molecular complexity index is 1320. The Kier molecular flexibility index (Phi) is 7.95. The molecule has 0 saturated carbocycles. The molecule has 1 N–H and O–H groups in total. The van der Waals surface area contributed by atoms with Crippen LogP contribution in [-0.2, 0) is 6.18 Å². The average Bonchev–Trinajstić information content (AvgIpc) is 2.92. The number of likely N-dealkylation sites (tertiary alicyclic amines) is 1. The maximum atomic E-state index is 13.0. The summed E-state index contributed by atoms with van der Waals surface area (Å²) in [7, 11) is 0. The Hall–Kier alpha value is -3.33. The fourth-order valence-corrected chi connectivity index (χ4v) is 5.56. The minimum atomic E-state index is -4.33. The number of aromatic nitrogens is 1. The monoisotopic (exact) mass is 554 g/mol. The molecule has 0 unspecified atom stereocenters. The third-order valence-corrected chi connectivity index (χ3v) is 8.00. The highest BCUT2D eigenvalue weighted by atomic mass is 19.4. The van der Waals surface area contributed by atoms with Crippen molar-refractivity contribution in [2.24, 2.45) is 0 Å². The quantitative estimate of drug-likeness (QED) is 0.402. The van der Waals surface area contributed by atoms with Crippen LogP contribution >= 0.6 is 0 Å². The van der Waals surface area contributed by atoms with Crippen molar-refractivity contribution in [2.75, 3.05) is 31.1 Å². The molecule has 0 aliphatic carbocycles. The van der Waals surface area contributed by atoms with Gasteiger partial charge in [0.05, 0.1) is 16.6 Å². The van der Waals surface area contributed by atoms with E-state index < -0.39 is 11.7 Å². The van der Waals surface area contributed by atoms with Crippen LogP contribution in [0.1, 0.15) is 62.4 Å². The number of nitrogens with zero attached hydrogens (tertiary/aromatic N) is 3. The van der Waals surface area contributed by atoms with Gasteiger partial charge in [-0.2, -0.15) is 13.2 Å². The normalized spacial score (nSPS) is 18.2. The number of alkyl halides is 3. The van der Waals surface area contributed by atoms with Crippen molar-refractivity contribution >= 4 is 22.5 Å². The van der Waals surface area contributed by atoms with Crippen molar-refractivity contribution in [1.29, 1.82) is 0 Å². The number of carbonyl (C=O) groups is 1. The summed E-state index contributed by atoms with van der Waals surface area (Å²) in [6.45, 7) is 9.99. The molecule has 2 aliphatic heterocycles. The average molecular weight is 555 g/mol. The van der Waals surface area contributed by atoms with Gasteiger partial charge in [-0.3, -0.25) is 14.7 Å². The molecule has 214 valence electrons. The molecule has 5 rings (SSSR count). The van der Waals surface area contributed by atoms with E-state index in [4.69, 9.17) is 4.74 Å². The molecule has 1 amide bonds. The van der Waals surface area contributed by atoms with Crippen LogP contribution in [0.15, 0.2) is 54.7 Å². The number of amides is 1. The zero-order valence-corrected chi connectivity index (χ0v) is 23.3. The summed E-state index contributed by atoms with van der Waals surface area (Å²) >= 11 is 0. The van der Waals surface area contributed by atoms with E-state index in [0.29, 0.717) is 18.7 Å². The molecular weight excluding hydrogens is 517 g/mol. The van der Waals surface area contributed by atoms with Crippen LogP contribution in [0.4, 0.5) is 18.9 Å². The summed E-state index contributed by atoms with van der Waals surface area (Å²) < 4.78 is 44.9. The molecule has 2 saturated heterocycles. The predicted octanol–water partition coefficient (Wildman–Crippen LogP) is 6.29. The molecule has 6 nitrogen and oxygen atoms in total. The van der Waals surface area contributed by atoms with Gasteiger partial charge >= 0.3 is 6.18 Å². The molecule has 3 heterocycles. The zero-order valence-electron chi connectivity index (χ0n) is 23.3. The molecule has 2 fully saturated rings. The molecule has 0 spiro atoms. The highest BCUT2D eigenvalue weighted by Crippen LogP contribution is 2.32.